The molecule has 2 nitrogen and oxygen atoms in total. The van der Waals surface area contributed by atoms with Gasteiger partial charge >= 0.3 is 0 Å². The minimum absolute atomic E-state index is 0.294. The minimum Gasteiger partial charge on any atom is -0.466 e. The highest BCUT2D eigenvalue weighted by Crippen LogP contribution is 2.33. The molecule has 0 aliphatic heterocycles. The predicted molar refractivity (Wildman–Crippen MR) is 74.9 cm³/mol. The van der Waals surface area contributed by atoms with E-state index in [-0.39, 0.29) is 0 Å². The van der Waals surface area contributed by atoms with Gasteiger partial charge in [0.1, 0.15) is 23.2 Å². The van der Waals surface area contributed by atoms with Crippen molar-refractivity contribution >= 4 is 0 Å². The summed E-state index contributed by atoms with van der Waals surface area (Å²) in [7, 11) is 1.73. The van der Waals surface area contributed by atoms with Crippen LogP contribution >= 0.6 is 0 Å². The summed E-state index contributed by atoms with van der Waals surface area (Å²) in [5.74, 6) is 0.698. The first-order valence-electron chi connectivity index (χ1n) is 6.56. The van der Waals surface area contributed by atoms with Gasteiger partial charge in [-0.1, -0.05) is 0 Å². The first kappa shape index (κ1) is 14.7. The van der Waals surface area contributed by atoms with Gasteiger partial charge in [0.15, 0.2) is 0 Å². The molecule has 2 aromatic rings. The second-order valence-corrected chi connectivity index (χ2v) is 5.10. The van der Waals surface area contributed by atoms with Crippen LogP contribution in [-0.2, 0) is 0 Å². The summed E-state index contributed by atoms with van der Waals surface area (Å²) < 4.78 is 33.5. The molecule has 0 radical (unpaired) electrons. The van der Waals surface area contributed by atoms with Crippen LogP contribution in [-0.4, -0.2) is 7.05 Å². The Morgan fingerprint density at radius 3 is 2.15 bits per heavy atom. The average molecular weight is 279 g/mol. The average Bonchev–Trinajstić information content (AvgIpc) is 2.63. The Kier molecular flexibility index (Phi) is 3.95. The SMILES string of the molecule is CNC(c1cc(F)c(C)cc1F)c1c(C)oc(C)c1C. The van der Waals surface area contributed by atoms with Crippen LogP contribution in [0.4, 0.5) is 8.78 Å². The summed E-state index contributed by atoms with van der Waals surface area (Å²) in [6, 6.07) is 2.06. The Balaban J connectivity index is 2.61. The first-order chi connectivity index (χ1) is 9.36. The molecule has 0 saturated carbocycles. The second kappa shape index (κ2) is 5.37. The Morgan fingerprint density at radius 2 is 1.65 bits per heavy atom. The fourth-order valence-corrected chi connectivity index (χ4v) is 2.57. The molecule has 1 atom stereocenters. The van der Waals surface area contributed by atoms with E-state index in [0.29, 0.717) is 11.1 Å². The van der Waals surface area contributed by atoms with Gasteiger partial charge in [-0.25, -0.2) is 8.78 Å². The highest BCUT2D eigenvalue weighted by atomic mass is 19.1. The minimum atomic E-state index is -0.428. The molecule has 1 aromatic carbocycles. The van der Waals surface area contributed by atoms with Crippen molar-refractivity contribution in [1.29, 1.82) is 0 Å². The maximum Gasteiger partial charge on any atom is 0.128 e. The molecule has 1 N–H and O–H groups in total. The van der Waals surface area contributed by atoms with E-state index in [0.717, 1.165) is 22.6 Å². The van der Waals surface area contributed by atoms with Gasteiger partial charge in [-0.2, -0.15) is 0 Å². The lowest BCUT2D eigenvalue weighted by atomic mass is 9.94. The summed E-state index contributed by atoms with van der Waals surface area (Å²) in [6.45, 7) is 7.18. The zero-order valence-corrected chi connectivity index (χ0v) is 12.4. The van der Waals surface area contributed by atoms with Crippen molar-refractivity contribution in [3.63, 3.8) is 0 Å². The van der Waals surface area contributed by atoms with Crippen molar-refractivity contribution < 1.29 is 13.2 Å². The number of furan rings is 1. The maximum atomic E-state index is 14.2. The van der Waals surface area contributed by atoms with Crippen molar-refractivity contribution in [2.75, 3.05) is 7.05 Å². The lowest BCUT2D eigenvalue weighted by molar-refractivity contribution is 0.493. The summed E-state index contributed by atoms with van der Waals surface area (Å²) >= 11 is 0. The van der Waals surface area contributed by atoms with Crippen LogP contribution in [0, 0.1) is 39.3 Å². The van der Waals surface area contributed by atoms with Gasteiger partial charge < -0.3 is 9.73 Å². The zero-order valence-electron chi connectivity index (χ0n) is 12.4. The number of benzene rings is 1. The van der Waals surface area contributed by atoms with Crippen LogP contribution < -0.4 is 5.32 Å². The predicted octanol–water partition coefficient (Wildman–Crippen LogP) is 4.10. The zero-order chi connectivity index (χ0) is 15.0. The molecular weight excluding hydrogens is 260 g/mol. The number of hydrogen-bond donors (Lipinski definition) is 1. The Hall–Kier alpha value is -1.68. The van der Waals surface area contributed by atoms with E-state index in [2.05, 4.69) is 5.32 Å². The maximum absolute atomic E-state index is 14.2. The summed E-state index contributed by atoms with van der Waals surface area (Å²) in [5, 5.41) is 3.05. The van der Waals surface area contributed by atoms with E-state index in [1.807, 2.05) is 20.8 Å². The molecule has 4 heteroatoms. The quantitative estimate of drug-likeness (QED) is 0.915. The lowest BCUT2D eigenvalue weighted by Crippen LogP contribution is -2.20. The van der Waals surface area contributed by atoms with Crippen LogP contribution in [0.15, 0.2) is 16.5 Å². The molecule has 1 heterocycles. The smallest absolute Gasteiger partial charge is 0.128 e. The fraction of sp³-hybridized carbons (Fsp3) is 0.375. The summed E-state index contributed by atoms with van der Waals surface area (Å²) in [6.07, 6.45) is 0. The summed E-state index contributed by atoms with van der Waals surface area (Å²) in [4.78, 5) is 0. The highest BCUT2D eigenvalue weighted by molar-refractivity contribution is 5.42. The third kappa shape index (κ3) is 2.36. The van der Waals surface area contributed by atoms with Gasteiger partial charge in [-0.15, -0.1) is 0 Å². The Morgan fingerprint density at radius 1 is 1.00 bits per heavy atom. The van der Waals surface area contributed by atoms with Crippen molar-refractivity contribution in [1.82, 2.24) is 5.32 Å². The number of nitrogens with one attached hydrogen (secondary N) is 1. The van der Waals surface area contributed by atoms with Crippen molar-refractivity contribution in [3.8, 4) is 0 Å². The normalized spacial score (nSPS) is 12.8. The molecule has 0 fully saturated rings. The van der Waals surface area contributed by atoms with Crippen LogP contribution in [0.1, 0.15) is 39.8 Å². The molecule has 0 spiro atoms. The van der Waals surface area contributed by atoms with Gasteiger partial charge in [0.25, 0.3) is 0 Å². The molecule has 0 amide bonds. The lowest BCUT2D eigenvalue weighted by Gasteiger charge is -2.19. The second-order valence-electron chi connectivity index (χ2n) is 5.10. The number of halogens is 2. The van der Waals surface area contributed by atoms with E-state index in [9.17, 15) is 8.78 Å². The van der Waals surface area contributed by atoms with E-state index < -0.39 is 17.7 Å². The van der Waals surface area contributed by atoms with Crippen LogP contribution in [0.5, 0.6) is 0 Å². The van der Waals surface area contributed by atoms with Gasteiger partial charge in [-0.05, 0) is 58.0 Å². The van der Waals surface area contributed by atoms with Crippen molar-refractivity contribution in [2.24, 2.45) is 0 Å². The van der Waals surface area contributed by atoms with Crippen LogP contribution in [0.3, 0.4) is 0 Å². The van der Waals surface area contributed by atoms with E-state index in [1.165, 1.54) is 12.1 Å². The molecule has 20 heavy (non-hydrogen) atoms. The third-order valence-electron chi connectivity index (χ3n) is 3.78. The van der Waals surface area contributed by atoms with Crippen molar-refractivity contribution in [3.05, 3.63) is 57.5 Å². The van der Waals surface area contributed by atoms with E-state index in [1.54, 1.807) is 14.0 Å². The molecular formula is C16H19F2NO. The largest absolute Gasteiger partial charge is 0.466 e. The van der Waals surface area contributed by atoms with E-state index in [4.69, 9.17) is 4.42 Å². The Bertz CT molecular complexity index is 646. The van der Waals surface area contributed by atoms with Crippen molar-refractivity contribution in [2.45, 2.75) is 33.7 Å². The molecule has 108 valence electrons. The van der Waals surface area contributed by atoms with E-state index >= 15 is 0 Å². The molecule has 0 saturated heterocycles. The van der Waals surface area contributed by atoms with Gasteiger partial charge in [-0.3, -0.25) is 0 Å². The molecule has 0 aliphatic carbocycles. The van der Waals surface area contributed by atoms with Gasteiger partial charge in [0.2, 0.25) is 0 Å². The topological polar surface area (TPSA) is 25.2 Å². The fourth-order valence-electron chi connectivity index (χ4n) is 2.57. The third-order valence-corrected chi connectivity index (χ3v) is 3.78. The standard InChI is InChI=1S/C16H19F2NO/c1-8-6-14(18)12(7-13(8)17)16(19-5)15-9(2)10(3)20-11(15)4/h6-7,16,19H,1-5H3. The van der Waals surface area contributed by atoms with Gasteiger partial charge in [0, 0.05) is 11.1 Å². The summed E-state index contributed by atoms with van der Waals surface area (Å²) in [5.41, 5.74) is 2.43. The Labute approximate surface area is 117 Å². The molecule has 0 aliphatic rings. The van der Waals surface area contributed by atoms with Gasteiger partial charge in [0.05, 0.1) is 6.04 Å². The molecule has 0 bridgehead atoms. The highest BCUT2D eigenvalue weighted by Gasteiger charge is 2.24. The monoisotopic (exact) mass is 279 g/mol. The van der Waals surface area contributed by atoms with Crippen LogP contribution in [0.2, 0.25) is 0 Å². The van der Waals surface area contributed by atoms with Crippen LogP contribution in [0.25, 0.3) is 0 Å². The number of aryl methyl sites for hydroxylation is 3. The molecule has 2 rings (SSSR count). The molecule has 1 aromatic heterocycles. The first-order valence-corrected chi connectivity index (χ1v) is 6.56. The number of hydrogen-bond acceptors (Lipinski definition) is 2. The molecule has 1 unspecified atom stereocenters. The number of rotatable bonds is 3.